The standard InChI is InChI=1S/C15H11BFNO4/c17-12-6-9(1-3-11(12)15(18)19)8-2-4-13-10(5-8)7-14(22-13)16(20)21/h1-7,20-21H,(H2,18,19). The number of fused-ring (bicyclic) bond motifs is 1. The maximum Gasteiger partial charge on any atom is 0.526 e. The van der Waals surface area contributed by atoms with Gasteiger partial charge in [0.05, 0.1) is 5.56 Å². The molecule has 0 saturated carbocycles. The predicted molar refractivity (Wildman–Crippen MR) is 80.0 cm³/mol. The predicted octanol–water partition coefficient (Wildman–Crippen LogP) is 1.02. The van der Waals surface area contributed by atoms with E-state index in [1.165, 1.54) is 18.2 Å². The number of carbonyl (C=O) groups excluding carboxylic acids is 1. The minimum Gasteiger partial charge on any atom is -0.465 e. The Hall–Kier alpha value is -2.64. The van der Waals surface area contributed by atoms with E-state index in [-0.39, 0.29) is 11.2 Å². The Labute approximate surface area is 124 Å². The Kier molecular flexibility index (Phi) is 3.44. The Morgan fingerprint density at radius 1 is 1.09 bits per heavy atom. The van der Waals surface area contributed by atoms with Crippen LogP contribution in [0.1, 0.15) is 10.4 Å². The van der Waals surface area contributed by atoms with Crippen molar-refractivity contribution in [2.75, 3.05) is 0 Å². The highest BCUT2D eigenvalue weighted by atomic mass is 19.1. The van der Waals surface area contributed by atoms with Gasteiger partial charge in [-0.25, -0.2) is 4.39 Å². The van der Waals surface area contributed by atoms with Gasteiger partial charge < -0.3 is 20.2 Å². The van der Waals surface area contributed by atoms with Crippen LogP contribution in [0.5, 0.6) is 0 Å². The fourth-order valence-corrected chi connectivity index (χ4v) is 2.27. The van der Waals surface area contributed by atoms with Gasteiger partial charge in [-0.2, -0.15) is 0 Å². The minimum absolute atomic E-state index is 0.0300. The minimum atomic E-state index is -1.69. The van der Waals surface area contributed by atoms with Crippen LogP contribution in [0.4, 0.5) is 4.39 Å². The van der Waals surface area contributed by atoms with Crippen molar-refractivity contribution in [1.29, 1.82) is 0 Å². The van der Waals surface area contributed by atoms with Crippen molar-refractivity contribution < 1.29 is 23.7 Å². The molecule has 1 amide bonds. The highest BCUT2D eigenvalue weighted by molar-refractivity contribution is 6.57. The van der Waals surface area contributed by atoms with Gasteiger partial charge >= 0.3 is 7.12 Å². The maximum absolute atomic E-state index is 13.8. The first-order valence-corrected chi connectivity index (χ1v) is 6.45. The summed E-state index contributed by atoms with van der Waals surface area (Å²) in [5.74, 6) is -1.51. The van der Waals surface area contributed by atoms with Gasteiger partial charge in [0, 0.05) is 5.39 Å². The summed E-state index contributed by atoms with van der Waals surface area (Å²) in [4.78, 5) is 11.0. The van der Waals surface area contributed by atoms with E-state index in [1.807, 2.05) is 0 Å². The zero-order valence-electron chi connectivity index (χ0n) is 11.3. The molecule has 7 heteroatoms. The third kappa shape index (κ3) is 2.47. The van der Waals surface area contributed by atoms with Gasteiger partial charge in [-0.15, -0.1) is 0 Å². The van der Waals surface area contributed by atoms with Crippen LogP contribution in [-0.2, 0) is 0 Å². The summed E-state index contributed by atoms with van der Waals surface area (Å²) >= 11 is 0. The number of benzene rings is 2. The summed E-state index contributed by atoms with van der Waals surface area (Å²) in [6.07, 6.45) is 0. The van der Waals surface area contributed by atoms with E-state index in [1.54, 1.807) is 24.3 Å². The smallest absolute Gasteiger partial charge is 0.465 e. The molecule has 1 heterocycles. The van der Waals surface area contributed by atoms with Gasteiger partial charge in [-0.1, -0.05) is 12.1 Å². The van der Waals surface area contributed by atoms with Crippen LogP contribution in [0.3, 0.4) is 0 Å². The SMILES string of the molecule is NC(=O)c1ccc(-c2ccc3oc(B(O)O)cc3c2)cc1F. The second-order valence-corrected chi connectivity index (χ2v) is 4.83. The van der Waals surface area contributed by atoms with Gasteiger partial charge in [0.25, 0.3) is 5.91 Å². The Morgan fingerprint density at radius 2 is 1.77 bits per heavy atom. The van der Waals surface area contributed by atoms with E-state index in [0.29, 0.717) is 22.1 Å². The van der Waals surface area contributed by atoms with E-state index >= 15 is 0 Å². The van der Waals surface area contributed by atoms with Crippen molar-refractivity contribution in [2.24, 2.45) is 5.73 Å². The lowest BCUT2D eigenvalue weighted by molar-refractivity contribution is 0.0996. The third-order valence-electron chi connectivity index (χ3n) is 3.36. The molecule has 5 nitrogen and oxygen atoms in total. The second kappa shape index (κ2) is 5.29. The molecule has 0 saturated heterocycles. The number of halogens is 1. The molecule has 0 unspecified atom stereocenters. The van der Waals surface area contributed by atoms with Crippen LogP contribution in [0, 0.1) is 5.82 Å². The molecular formula is C15H11BFNO4. The summed E-state index contributed by atoms with van der Waals surface area (Å²) in [5.41, 5.74) is 6.68. The number of amides is 1. The number of hydrogen-bond donors (Lipinski definition) is 3. The van der Waals surface area contributed by atoms with E-state index in [9.17, 15) is 9.18 Å². The van der Waals surface area contributed by atoms with E-state index in [2.05, 4.69) is 0 Å². The van der Waals surface area contributed by atoms with Gasteiger partial charge in [0.2, 0.25) is 0 Å². The molecule has 2 aromatic carbocycles. The number of nitrogens with two attached hydrogens (primary N) is 1. The normalized spacial score (nSPS) is 10.9. The van der Waals surface area contributed by atoms with Crippen LogP contribution in [0.15, 0.2) is 46.9 Å². The topological polar surface area (TPSA) is 96.7 Å². The van der Waals surface area contributed by atoms with Crippen molar-refractivity contribution in [3.63, 3.8) is 0 Å². The molecule has 110 valence electrons. The van der Waals surface area contributed by atoms with Gasteiger partial charge in [0.1, 0.15) is 17.1 Å². The molecule has 0 fully saturated rings. The van der Waals surface area contributed by atoms with Gasteiger partial charge in [-0.3, -0.25) is 4.79 Å². The van der Waals surface area contributed by atoms with Gasteiger partial charge in [-0.05, 0) is 41.5 Å². The third-order valence-corrected chi connectivity index (χ3v) is 3.36. The molecule has 0 aliphatic heterocycles. The van der Waals surface area contributed by atoms with Crippen molar-refractivity contribution >= 4 is 29.7 Å². The molecule has 3 rings (SSSR count). The number of rotatable bonds is 3. The second-order valence-electron chi connectivity index (χ2n) is 4.83. The van der Waals surface area contributed by atoms with Crippen LogP contribution in [0.2, 0.25) is 0 Å². The quantitative estimate of drug-likeness (QED) is 0.629. The van der Waals surface area contributed by atoms with Crippen molar-refractivity contribution in [2.45, 2.75) is 0 Å². The molecule has 4 N–H and O–H groups in total. The fraction of sp³-hybridized carbons (Fsp3) is 0. The van der Waals surface area contributed by atoms with Crippen molar-refractivity contribution in [1.82, 2.24) is 0 Å². The molecule has 3 aromatic rings. The summed E-state index contributed by atoms with van der Waals surface area (Å²) in [5, 5.41) is 18.8. The first-order chi connectivity index (χ1) is 10.5. The average Bonchev–Trinajstić information content (AvgIpc) is 2.89. The molecule has 0 radical (unpaired) electrons. The maximum atomic E-state index is 13.8. The summed E-state index contributed by atoms with van der Waals surface area (Å²) in [6.45, 7) is 0. The summed E-state index contributed by atoms with van der Waals surface area (Å²) in [6, 6.07) is 10.7. The molecule has 0 atom stereocenters. The summed E-state index contributed by atoms with van der Waals surface area (Å²) < 4.78 is 19.1. The van der Waals surface area contributed by atoms with Crippen molar-refractivity contribution in [3.05, 3.63) is 53.8 Å². The Bertz CT molecular complexity index is 875. The number of furan rings is 1. The highest BCUT2D eigenvalue weighted by Gasteiger charge is 2.17. The molecule has 0 aliphatic rings. The van der Waals surface area contributed by atoms with Crippen LogP contribution >= 0.6 is 0 Å². The number of carbonyl (C=O) groups is 1. The van der Waals surface area contributed by atoms with Crippen molar-refractivity contribution in [3.8, 4) is 11.1 Å². The average molecular weight is 299 g/mol. The molecule has 0 spiro atoms. The monoisotopic (exact) mass is 299 g/mol. The molecule has 0 bridgehead atoms. The lowest BCUT2D eigenvalue weighted by Crippen LogP contribution is -2.27. The highest BCUT2D eigenvalue weighted by Crippen LogP contribution is 2.26. The van der Waals surface area contributed by atoms with Crippen LogP contribution < -0.4 is 11.4 Å². The first kappa shape index (κ1) is 14.3. The van der Waals surface area contributed by atoms with E-state index in [4.69, 9.17) is 20.2 Å². The molecule has 1 aromatic heterocycles. The van der Waals surface area contributed by atoms with Crippen LogP contribution in [0.25, 0.3) is 22.1 Å². The van der Waals surface area contributed by atoms with E-state index < -0.39 is 18.8 Å². The number of hydrogen-bond acceptors (Lipinski definition) is 4. The van der Waals surface area contributed by atoms with E-state index in [0.717, 1.165) is 0 Å². The fourth-order valence-electron chi connectivity index (χ4n) is 2.27. The Morgan fingerprint density at radius 3 is 2.41 bits per heavy atom. The zero-order valence-corrected chi connectivity index (χ0v) is 11.3. The van der Waals surface area contributed by atoms with Gasteiger partial charge in [0.15, 0.2) is 0 Å². The Balaban J connectivity index is 2.06. The molecule has 0 aliphatic carbocycles. The molecule has 22 heavy (non-hydrogen) atoms. The lowest BCUT2D eigenvalue weighted by atomic mass is 9.88. The first-order valence-electron chi connectivity index (χ1n) is 6.45. The zero-order chi connectivity index (χ0) is 15.9. The lowest BCUT2D eigenvalue weighted by Gasteiger charge is -2.04. The number of primary amides is 1. The summed E-state index contributed by atoms with van der Waals surface area (Å²) in [7, 11) is -1.69. The largest absolute Gasteiger partial charge is 0.526 e. The van der Waals surface area contributed by atoms with Crippen LogP contribution in [-0.4, -0.2) is 23.1 Å². The molecular weight excluding hydrogens is 288 g/mol.